The molecule has 2 nitrogen and oxygen atoms in total. The Morgan fingerprint density at radius 3 is 2.52 bits per heavy atom. The standard InChI is InChI=1S/C19H38N2/c1-4-18-10-6-9-13-21(18)16-19(11-7-5-8-12-19)15-20-14-17(2)3/h17-18,20H,4-16H2,1-3H3. The van der Waals surface area contributed by atoms with Crippen LogP contribution < -0.4 is 5.32 Å². The van der Waals surface area contributed by atoms with Crippen molar-refractivity contribution >= 4 is 0 Å². The number of nitrogens with zero attached hydrogens (tertiary/aromatic N) is 1. The van der Waals surface area contributed by atoms with Gasteiger partial charge in [0.25, 0.3) is 0 Å². The van der Waals surface area contributed by atoms with Gasteiger partial charge < -0.3 is 5.32 Å². The van der Waals surface area contributed by atoms with E-state index in [1.165, 1.54) is 84.0 Å². The molecule has 0 aromatic heterocycles. The van der Waals surface area contributed by atoms with Crippen molar-refractivity contribution in [3.63, 3.8) is 0 Å². The summed E-state index contributed by atoms with van der Waals surface area (Å²) < 4.78 is 0. The van der Waals surface area contributed by atoms with Gasteiger partial charge in [-0.2, -0.15) is 0 Å². The van der Waals surface area contributed by atoms with Crippen molar-refractivity contribution < 1.29 is 0 Å². The molecule has 21 heavy (non-hydrogen) atoms. The van der Waals surface area contributed by atoms with Gasteiger partial charge in [-0.1, -0.05) is 46.5 Å². The first-order valence-electron chi connectivity index (χ1n) is 9.60. The molecule has 0 bridgehead atoms. The predicted molar refractivity (Wildman–Crippen MR) is 92.7 cm³/mol. The minimum Gasteiger partial charge on any atom is -0.316 e. The third kappa shape index (κ3) is 5.25. The number of hydrogen-bond donors (Lipinski definition) is 1. The summed E-state index contributed by atoms with van der Waals surface area (Å²) in [4.78, 5) is 2.85. The highest BCUT2D eigenvalue weighted by Crippen LogP contribution is 2.38. The van der Waals surface area contributed by atoms with E-state index in [-0.39, 0.29) is 0 Å². The lowest BCUT2D eigenvalue weighted by Gasteiger charge is -2.45. The lowest BCUT2D eigenvalue weighted by Crippen LogP contribution is -2.50. The number of hydrogen-bond acceptors (Lipinski definition) is 2. The molecule has 1 N–H and O–H groups in total. The van der Waals surface area contributed by atoms with Gasteiger partial charge in [0, 0.05) is 19.1 Å². The van der Waals surface area contributed by atoms with E-state index in [4.69, 9.17) is 0 Å². The van der Waals surface area contributed by atoms with E-state index in [0.717, 1.165) is 12.0 Å². The van der Waals surface area contributed by atoms with Crippen LogP contribution in [0.5, 0.6) is 0 Å². The fraction of sp³-hybridized carbons (Fsp3) is 1.00. The Bertz CT molecular complexity index is 281. The largest absolute Gasteiger partial charge is 0.316 e. The summed E-state index contributed by atoms with van der Waals surface area (Å²) >= 11 is 0. The van der Waals surface area contributed by atoms with Crippen LogP contribution in [0.3, 0.4) is 0 Å². The maximum Gasteiger partial charge on any atom is 0.00928 e. The molecule has 0 radical (unpaired) electrons. The van der Waals surface area contributed by atoms with Gasteiger partial charge in [-0.3, -0.25) is 4.90 Å². The summed E-state index contributed by atoms with van der Waals surface area (Å²) in [5, 5.41) is 3.79. The van der Waals surface area contributed by atoms with E-state index in [1.54, 1.807) is 0 Å². The van der Waals surface area contributed by atoms with Gasteiger partial charge in [0.05, 0.1) is 0 Å². The molecule has 2 fully saturated rings. The Kier molecular flexibility index (Phi) is 7.01. The highest BCUT2D eigenvalue weighted by Gasteiger charge is 2.35. The first-order valence-corrected chi connectivity index (χ1v) is 9.60. The Labute approximate surface area is 133 Å². The molecule has 2 rings (SSSR count). The van der Waals surface area contributed by atoms with Gasteiger partial charge in [-0.15, -0.1) is 0 Å². The molecular formula is C19H38N2. The Morgan fingerprint density at radius 1 is 1.10 bits per heavy atom. The minimum absolute atomic E-state index is 0.567. The first kappa shape index (κ1) is 17.3. The molecule has 1 aliphatic heterocycles. The van der Waals surface area contributed by atoms with Crippen molar-refractivity contribution in [1.29, 1.82) is 0 Å². The van der Waals surface area contributed by atoms with Crippen LogP contribution in [0.2, 0.25) is 0 Å². The van der Waals surface area contributed by atoms with Gasteiger partial charge in [-0.05, 0) is 56.5 Å². The second-order valence-corrected chi connectivity index (χ2v) is 8.11. The zero-order valence-electron chi connectivity index (χ0n) is 14.8. The van der Waals surface area contributed by atoms with Gasteiger partial charge >= 0.3 is 0 Å². The topological polar surface area (TPSA) is 15.3 Å². The van der Waals surface area contributed by atoms with E-state index >= 15 is 0 Å². The van der Waals surface area contributed by atoms with Crippen molar-refractivity contribution in [1.82, 2.24) is 10.2 Å². The highest BCUT2D eigenvalue weighted by atomic mass is 15.2. The summed E-state index contributed by atoms with van der Waals surface area (Å²) in [6, 6.07) is 0.864. The molecule has 124 valence electrons. The molecule has 1 atom stereocenters. The van der Waals surface area contributed by atoms with Crippen LogP contribution in [-0.4, -0.2) is 37.1 Å². The highest BCUT2D eigenvalue weighted by molar-refractivity contribution is 4.90. The molecule has 1 unspecified atom stereocenters. The molecule has 1 heterocycles. The van der Waals surface area contributed by atoms with Crippen LogP contribution in [0.25, 0.3) is 0 Å². The average Bonchev–Trinajstić information content (AvgIpc) is 2.48. The third-order valence-corrected chi connectivity index (χ3v) is 5.73. The van der Waals surface area contributed by atoms with Crippen LogP contribution in [0.15, 0.2) is 0 Å². The van der Waals surface area contributed by atoms with Gasteiger partial charge in [0.2, 0.25) is 0 Å². The fourth-order valence-electron chi connectivity index (χ4n) is 4.48. The molecule has 1 saturated heterocycles. The molecule has 0 spiro atoms. The lowest BCUT2D eigenvalue weighted by atomic mass is 9.73. The Hall–Kier alpha value is -0.0800. The zero-order chi connectivity index (χ0) is 15.1. The monoisotopic (exact) mass is 294 g/mol. The molecule has 0 amide bonds. The molecule has 0 aromatic carbocycles. The van der Waals surface area contributed by atoms with Gasteiger partial charge in [-0.25, -0.2) is 0 Å². The summed E-state index contributed by atoms with van der Waals surface area (Å²) in [6.45, 7) is 12.2. The normalized spacial score (nSPS) is 27.1. The maximum absolute atomic E-state index is 3.79. The van der Waals surface area contributed by atoms with Gasteiger partial charge in [0.1, 0.15) is 0 Å². The smallest absolute Gasteiger partial charge is 0.00928 e. The fourth-order valence-corrected chi connectivity index (χ4v) is 4.48. The van der Waals surface area contributed by atoms with E-state index in [0.29, 0.717) is 5.41 Å². The summed E-state index contributed by atoms with van der Waals surface area (Å²) in [5.74, 6) is 0.768. The van der Waals surface area contributed by atoms with Crippen molar-refractivity contribution in [2.24, 2.45) is 11.3 Å². The van der Waals surface area contributed by atoms with Crippen LogP contribution in [0.1, 0.15) is 78.6 Å². The first-order chi connectivity index (χ1) is 10.2. The predicted octanol–water partition coefficient (Wildman–Crippen LogP) is 4.45. The second-order valence-electron chi connectivity index (χ2n) is 8.11. The number of piperidine rings is 1. The SMILES string of the molecule is CCC1CCCCN1CC1(CNCC(C)C)CCCCC1. The molecule has 1 saturated carbocycles. The molecule has 0 aromatic rings. The molecule has 2 heteroatoms. The van der Waals surface area contributed by atoms with Crippen LogP contribution in [-0.2, 0) is 0 Å². The van der Waals surface area contributed by atoms with Crippen molar-refractivity contribution in [2.75, 3.05) is 26.2 Å². The zero-order valence-corrected chi connectivity index (χ0v) is 14.8. The van der Waals surface area contributed by atoms with Crippen LogP contribution >= 0.6 is 0 Å². The van der Waals surface area contributed by atoms with Crippen LogP contribution in [0.4, 0.5) is 0 Å². The quantitative estimate of drug-likeness (QED) is 0.746. The molecular weight excluding hydrogens is 256 g/mol. The van der Waals surface area contributed by atoms with E-state index in [9.17, 15) is 0 Å². The molecule has 2 aliphatic rings. The number of likely N-dealkylation sites (tertiary alicyclic amines) is 1. The van der Waals surface area contributed by atoms with Crippen molar-refractivity contribution in [2.45, 2.75) is 84.6 Å². The van der Waals surface area contributed by atoms with Crippen molar-refractivity contribution in [3.05, 3.63) is 0 Å². The maximum atomic E-state index is 3.79. The second kappa shape index (κ2) is 8.53. The minimum atomic E-state index is 0.567. The average molecular weight is 295 g/mol. The van der Waals surface area contributed by atoms with Crippen molar-refractivity contribution in [3.8, 4) is 0 Å². The van der Waals surface area contributed by atoms with Crippen LogP contribution in [0, 0.1) is 11.3 Å². The summed E-state index contributed by atoms with van der Waals surface area (Å²) in [5.41, 5.74) is 0.567. The van der Waals surface area contributed by atoms with Gasteiger partial charge in [0.15, 0.2) is 0 Å². The van der Waals surface area contributed by atoms with E-state index in [1.807, 2.05) is 0 Å². The summed E-state index contributed by atoms with van der Waals surface area (Å²) in [6.07, 6.45) is 12.9. The lowest BCUT2D eigenvalue weighted by molar-refractivity contribution is 0.0530. The molecule has 1 aliphatic carbocycles. The number of nitrogens with one attached hydrogen (secondary N) is 1. The van der Waals surface area contributed by atoms with E-state index in [2.05, 4.69) is 31.0 Å². The summed E-state index contributed by atoms with van der Waals surface area (Å²) in [7, 11) is 0. The van der Waals surface area contributed by atoms with E-state index < -0.39 is 0 Å². The Balaban J connectivity index is 1.94. The number of rotatable bonds is 7. The third-order valence-electron chi connectivity index (χ3n) is 5.73. The Morgan fingerprint density at radius 2 is 1.86 bits per heavy atom.